The summed E-state index contributed by atoms with van der Waals surface area (Å²) in [5.41, 5.74) is -0.159. The maximum Gasteiger partial charge on any atom is 0.165 e. The monoisotopic (exact) mass is 253 g/mol. The van der Waals surface area contributed by atoms with Gasteiger partial charge in [-0.1, -0.05) is 18.5 Å². The lowest BCUT2D eigenvalue weighted by Crippen LogP contribution is -2.51. The Hall–Kier alpha value is -0.730. The summed E-state index contributed by atoms with van der Waals surface area (Å²) in [7, 11) is 4.19. The van der Waals surface area contributed by atoms with Crippen LogP contribution in [0.2, 0.25) is 5.02 Å². The third kappa shape index (κ3) is 2.58. The van der Waals surface area contributed by atoms with E-state index in [1.54, 1.807) is 0 Å². The Morgan fingerprint density at radius 1 is 1.29 bits per heavy atom. The summed E-state index contributed by atoms with van der Waals surface area (Å²) in [6, 6.07) is 7.64. The fourth-order valence-electron chi connectivity index (χ4n) is 2.46. The molecular weight excluding hydrogens is 234 g/mol. The van der Waals surface area contributed by atoms with Crippen molar-refractivity contribution >= 4 is 11.6 Å². The average Bonchev–Trinajstić information content (AvgIpc) is 3.12. The highest BCUT2D eigenvalue weighted by molar-refractivity contribution is 6.30. The van der Waals surface area contributed by atoms with Crippen molar-refractivity contribution in [3.05, 3.63) is 29.3 Å². The maximum atomic E-state index is 6.26. The van der Waals surface area contributed by atoms with Crippen LogP contribution in [0.1, 0.15) is 26.2 Å². The van der Waals surface area contributed by atoms with Crippen LogP contribution in [0, 0.1) is 5.92 Å². The molecule has 1 aliphatic rings. The quantitative estimate of drug-likeness (QED) is 0.741. The van der Waals surface area contributed by atoms with Gasteiger partial charge in [0, 0.05) is 10.9 Å². The molecule has 94 valence electrons. The number of rotatable bonds is 5. The molecule has 0 bridgehead atoms. The molecule has 0 amide bonds. The third-order valence-corrected chi connectivity index (χ3v) is 3.84. The fraction of sp³-hybridized carbons (Fsp3) is 0.571. The van der Waals surface area contributed by atoms with Crippen molar-refractivity contribution in [2.75, 3.05) is 14.1 Å². The number of hydrogen-bond donors (Lipinski definition) is 0. The van der Waals surface area contributed by atoms with E-state index in [0.29, 0.717) is 5.92 Å². The Labute approximate surface area is 109 Å². The molecule has 1 aliphatic carbocycles. The van der Waals surface area contributed by atoms with Crippen LogP contribution in [0.15, 0.2) is 24.3 Å². The number of nitrogens with zero attached hydrogens (tertiary/aromatic N) is 1. The van der Waals surface area contributed by atoms with Crippen molar-refractivity contribution in [2.24, 2.45) is 5.92 Å². The topological polar surface area (TPSA) is 12.5 Å². The van der Waals surface area contributed by atoms with E-state index in [4.69, 9.17) is 16.3 Å². The van der Waals surface area contributed by atoms with Crippen LogP contribution in [0.25, 0.3) is 0 Å². The van der Waals surface area contributed by atoms with Gasteiger partial charge in [-0.05, 0) is 57.6 Å². The molecule has 0 aromatic heterocycles. The summed E-state index contributed by atoms with van der Waals surface area (Å²) in [5.74, 6) is 1.55. The van der Waals surface area contributed by atoms with E-state index in [9.17, 15) is 0 Å². The smallest absolute Gasteiger partial charge is 0.165 e. The molecule has 1 atom stereocenters. The molecule has 2 nitrogen and oxygen atoms in total. The van der Waals surface area contributed by atoms with Gasteiger partial charge < -0.3 is 4.74 Å². The molecule has 0 N–H and O–H groups in total. The van der Waals surface area contributed by atoms with E-state index in [2.05, 4.69) is 25.9 Å². The van der Waals surface area contributed by atoms with Crippen molar-refractivity contribution in [1.29, 1.82) is 0 Å². The van der Waals surface area contributed by atoms with Gasteiger partial charge in [0.25, 0.3) is 0 Å². The predicted octanol–water partition coefficient (Wildman–Crippen LogP) is 3.80. The first kappa shape index (κ1) is 12.7. The Morgan fingerprint density at radius 3 is 2.29 bits per heavy atom. The highest BCUT2D eigenvalue weighted by atomic mass is 35.5. The highest BCUT2D eigenvalue weighted by Crippen LogP contribution is 2.45. The van der Waals surface area contributed by atoms with Gasteiger partial charge in [0.05, 0.1) is 0 Å². The van der Waals surface area contributed by atoms with Gasteiger partial charge in [0.15, 0.2) is 5.72 Å². The molecule has 1 saturated carbocycles. The minimum absolute atomic E-state index is 0.159. The van der Waals surface area contributed by atoms with Gasteiger partial charge in [0.2, 0.25) is 0 Å². The van der Waals surface area contributed by atoms with E-state index in [1.807, 2.05) is 24.3 Å². The van der Waals surface area contributed by atoms with Crippen LogP contribution in [0.5, 0.6) is 5.75 Å². The number of hydrogen-bond acceptors (Lipinski definition) is 2. The predicted molar refractivity (Wildman–Crippen MR) is 71.5 cm³/mol. The molecule has 1 unspecified atom stereocenters. The summed E-state index contributed by atoms with van der Waals surface area (Å²) < 4.78 is 6.26. The Bertz CT molecular complexity index is 368. The van der Waals surface area contributed by atoms with Crippen molar-refractivity contribution in [2.45, 2.75) is 31.9 Å². The second kappa shape index (κ2) is 4.87. The molecule has 17 heavy (non-hydrogen) atoms. The summed E-state index contributed by atoms with van der Waals surface area (Å²) in [5, 5.41) is 0.746. The fourth-order valence-corrected chi connectivity index (χ4v) is 2.58. The van der Waals surface area contributed by atoms with E-state index in [-0.39, 0.29) is 5.72 Å². The molecule has 0 heterocycles. The second-order valence-corrected chi connectivity index (χ2v) is 5.36. The largest absolute Gasteiger partial charge is 0.472 e. The molecule has 0 spiro atoms. The first-order chi connectivity index (χ1) is 8.08. The molecule has 0 radical (unpaired) electrons. The first-order valence-electron chi connectivity index (χ1n) is 6.20. The Kier molecular flexibility index (Phi) is 3.64. The number of benzene rings is 1. The van der Waals surface area contributed by atoms with Gasteiger partial charge in [0.1, 0.15) is 5.75 Å². The summed E-state index contributed by atoms with van der Waals surface area (Å²) in [6.07, 6.45) is 3.52. The van der Waals surface area contributed by atoms with Gasteiger partial charge in [-0.15, -0.1) is 0 Å². The zero-order valence-electron chi connectivity index (χ0n) is 10.7. The van der Waals surface area contributed by atoms with Crippen molar-refractivity contribution in [3.8, 4) is 5.75 Å². The third-order valence-electron chi connectivity index (χ3n) is 3.59. The lowest BCUT2D eigenvalue weighted by molar-refractivity contribution is -0.0796. The van der Waals surface area contributed by atoms with Crippen molar-refractivity contribution in [3.63, 3.8) is 0 Å². The molecular formula is C14H20ClNO. The van der Waals surface area contributed by atoms with E-state index in [0.717, 1.165) is 17.2 Å². The molecule has 0 aliphatic heterocycles. The van der Waals surface area contributed by atoms with Crippen molar-refractivity contribution in [1.82, 2.24) is 4.90 Å². The molecule has 2 rings (SSSR count). The van der Waals surface area contributed by atoms with Crippen LogP contribution in [0.3, 0.4) is 0 Å². The van der Waals surface area contributed by atoms with Crippen LogP contribution in [-0.4, -0.2) is 24.7 Å². The maximum absolute atomic E-state index is 6.26. The zero-order chi connectivity index (χ0) is 12.5. The molecule has 3 heteroatoms. The van der Waals surface area contributed by atoms with Crippen LogP contribution < -0.4 is 4.74 Å². The van der Waals surface area contributed by atoms with Gasteiger partial charge in [-0.25, -0.2) is 0 Å². The highest BCUT2D eigenvalue weighted by Gasteiger charge is 2.48. The second-order valence-electron chi connectivity index (χ2n) is 4.92. The van der Waals surface area contributed by atoms with Crippen LogP contribution >= 0.6 is 11.6 Å². The summed E-state index contributed by atoms with van der Waals surface area (Å²) in [4.78, 5) is 2.21. The molecule has 1 aromatic rings. The SMILES string of the molecule is CCC(Oc1ccc(Cl)cc1)(C1CC1)N(C)C. The lowest BCUT2D eigenvalue weighted by Gasteiger charge is -2.39. The first-order valence-corrected chi connectivity index (χ1v) is 6.58. The Balaban J connectivity index is 2.20. The van der Waals surface area contributed by atoms with Crippen LogP contribution in [0.4, 0.5) is 0 Å². The molecule has 1 fully saturated rings. The standard InChI is InChI=1S/C14H20ClNO/c1-4-14(16(2)3,11-5-6-11)17-13-9-7-12(15)8-10-13/h7-11H,4-6H2,1-3H3. The van der Waals surface area contributed by atoms with E-state index >= 15 is 0 Å². The summed E-state index contributed by atoms with van der Waals surface area (Å²) in [6.45, 7) is 2.19. The van der Waals surface area contributed by atoms with Gasteiger partial charge in [-0.3, -0.25) is 4.90 Å². The van der Waals surface area contributed by atoms with E-state index in [1.165, 1.54) is 12.8 Å². The van der Waals surface area contributed by atoms with Gasteiger partial charge >= 0.3 is 0 Å². The Morgan fingerprint density at radius 2 is 1.88 bits per heavy atom. The van der Waals surface area contributed by atoms with Crippen molar-refractivity contribution < 1.29 is 4.74 Å². The van der Waals surface area contributed by atoms with Crippen LogP contribution in [-0.2, 0) is 0 Å². The summed E-state index contributed by atoms with van der Waals surface area (Å²) >= 11 is 5.89. The van der Waals surface area contributed by atoms with Gasteiger partial charge in [-0.2, -0.15) is 0 Å². The normalized spacial score (nSPS) is 19.1. The average molecular weight is 254 g/mol. The lowest BCUT2D eigenvalue weighted by atomic mass is 10.0. The van der Waals surface area contributed by atoms with E-state index < -0.39 is 0 Å². The minimum Gasteiger partial charge on any atom is -0.472 e. The molecule has 1 aromatic carbocycles. The number of halogens is 1. The molecule has 0 saturated heterocycles. The number of ether oxygens (including phenoxy) is 1. The zero-order valence-corrected chi connectivity index (χ0v) is 11.5. The minimum atomic E-state index is -0.159.